The molecule has 1 aliphatic carbocycles. The van der Waals surface area contributed by atoms with Crippen molar-refractivity contribution in [2.75, 3.05) is 0 Å². The van der Waals surface area contributed by atoms with Gasteiger partial charge in [0.1, 0.15) is 5.82 Å². The van der Waals surface area contributed by atoms with Gasteiger partial charge in [-0.3, -0.25) is 4.57 Å². The van der Waals surface area contributed by atoms with Crippen molar-refractivity contribution in [3.63, 3.8) is 0 Å². The molecule has 3 aromatic rings. The van der Waals surface area contributed by atoms with Crippen molar-refractivity contribution in [1.82, 2.24) is 14.5 Å². The quantitative estimate of drug-likeness (QED) is 0.590. The summed E-state index contributed by atoms with van der Waals surface area (Å²) in [6.45, 7) is 0. The van der Waals surface area contributed by atoms with E-state index >= 15 is 0 Å². The van der Waals surface area contributed by atoms with Crippen LogP contribution in [0.4, 0.5) is 0 Å². The lowest BCUT2D eigenvalue weighted by Gasteiger charge is -2.14. The molecule has 0 bridgehead atoms. The molecule has 2 N–H and O–H groups in total. The van der Waals surface area contributed by atoms with E-state index in [0.29, 0.717) is 0 Å². The van der Waals surface area contributed by atoms with Gasteiger partial charge in [0.15, 0.2) is 5.16 Å². The summed E-state index contributed by atoms with van der Waals surface area (Å²) in [6, 6.07) is 16.1. The van der Waals surface area contributed by atoms with Gasteiger partial charge in [-0.2, -0.15) is 0 Å². The first-order valence-corrected chi connectivity index (χ1v) is 8.70. The minimum Gasteiger partial charge on any atom is -0.315 e. The molecule has 2 aromatic heterocycles. The fourth-order valence-electron chi connectivity index (χ4n) is 2.98. The molecule has 1 unspecified atom stereocenters. The average Bonchev–Trinajstić information content (AvgIpc) is 3.17. The second-order valence-corrected chi connectivity index (χ2v) is 6.72. The maximum atomic E-state index is 6.38. The number of benzene rings is 1. The van der Waals surface area contributed by atoms with Crippen LogP contribution in [-0.2, 0) is 12.8 Å². The van der Waals surface area contributed by atoms with Crippen molar-refractivity contribution in [2.45, 2.75) is 29.8 Å². The molecule has 116 valence electrons. The van der Waals surface area contributed by atoms with Gasteiger partial charge in [-0.25, -0.2) is 9.97 Å². The van der Waals surface area contributed by atoms with Crippen molar-refractivity contribution in [3.05, 3.63) is 71.7 Å². The number of imidazole rings is 1. The summed E-state index contributed by atoms with van der Waals surface area (Å²) in [5.74, 6) is 0.922. The SMILES string of the molecule is NC(Sc1nc2c(n1-c1ccccn1)CCC2)c1ccccc1. The zero-order valence-corrected chi connectivity index (χ0v) is 13.5. The van der Waals surface area contributed by atoms with Crippen molar-refractivity contribution >= 4 is 11.8 Å². The highest BCUT2D eigenvalue weighted by Gasteiger charge is 2.24. The van der Waals surface area contributed by atoms with Crippen LogP contribution in [0.3, 0.4) is 0 Å². The highest BCUT2D eigenvalue weighted by molar-refractivity contribution is 7.99. The number of aromatic nitrogens is 3. The summed E-state index contributed by atoms with van der Waals surface area (Å²) < 4.78 is 2.18. The van der Waals surface area contributed by atoms with Gasteiger partial charge in [0, 0.05) is 11.9 Å². The van der Waals surface area contributed by atoms with Gasteiger partial charge < -0.3 is 5.73 Å². The summed E-state index contributed by atoms with van der Waals surface area (Å²) >= 11 is 1.59. The van der Waals surface area contributed by atoms with Crippen LogP contribution >= 0.6 is 11.8 Å². The monoisotopic (exact) mass is 322 g/mol. The van der Waals surface area contributed by atoms with Crippen LogP contribution in [-0.4, -0.2) is 14.5 Å². The third-order valence-corrected chi connectivity index (χ3v) is 5.10. The maximum Gasteiger partial charge on any atom is 0.176 e. The molecular formula is C18H18N4S. The zero-order chi connectivity index (χ0) is 15.6. The molecule has 1 atom stereocenters. The third-order valence-electron chi connectivity index (χ3n) is 4.09. The Bertz CT molecular complexity index is 799. The first kappa shape index (κ1) is 14.5. The molecule has 0 radical (unpaired) electrons. The minimum absolute atomic E-state index is 0.138. The lowest BCUT2D eigenvalue weighted by Crippen LogP contribution is -2.09. The molecule has 0 saturated heterocycles. The van der Waals surface area contributed by atoms with E-state index < -0.39 is 0 Å². The van der Waals surface area contributed by atoms with Crippen LogP contribution in [0.25, 0.3) is 5.82 Å². The molecule has 0 fully saturated rings. The molecular weight excluding hydrogens is 304 g/mol. The highest BCUT2D eigenvalue weighted by atomic mass is 32.2. The average molecular weight is 322 g/mol. The second kappa shape index (κ2) is 6.18. The number of nitrogens with two attached hydrogens (primary N) is 1. The largest absolute Gasteiger partial charge is 0.315 e. The number of aryl methyl sites for hydroxylation is 1. The summed E-state index contributed by atoms with van der Waals surface area (Å²) in [5.41, 5.74) is 9.96. The molecule has 0 saturated carbocycles. The maximum absolute atomic E-state index is 6.38. The summed E-state index contributed by atoms with van der Waals surface area (Å²) in [4.78, 5) is 9.35. The van der Waals surface area contributed by atoms with Gasteiger partial charge in [-0.1, -0.05) is 48.2 Å². The number of hydrogen-bond donors (Lipinski definition) is 1. The molecule has 1 aliphatic rings. The topological polar surface area (TPSA) is 56.7 Å². The van der Waals surface area contributed by atoms with Crippen LogP contribution in [0.1, 0.15) is 28.7 Å². The second-order valence-electron chi connectivity index (χ2n) is 5.61. The van der Waals surface area contributed by atoms with E-state index in [1.54, 1.807) is 11.8 Å². The molecule has 0 aliphatic heterocycles. The molecule has 0 spiro atoms. The number of fused-ring (bicyclic) bond motifs is 1. The third kappa shape index (κ3) is 2.78. The van der Waals surface area contributed by atoms with Crippen molar-refractivity contribution < 1.29 is 0 Å². The van der Waals surface area contributed by atoms with Gasteiger partial charge in [0.2, 0.25) is 0 Å². The van der Waals surface area contributed by atoms with Gasteiger partial charge in [-0.15, -0.1) is 0 Å². The van der Waals surface area contributed by atoms with E-state index in [0.717, 1.165) is 29.4 Å². The molecule has 5 heteroatoms. The summed E-state index contributed by atoms with van der Waals surface area (Å²) in [6.07, 6.45) is 5.09. The van der Waals surface area contributed by atoms with Crippen molar-refractivity contribution in [3.8, 4) is 5.82 Å². The Labute approximate surface area is 139 Å². The first-order chi connectivity index (χ1) is 11.3. The Morgan fingerprint density at radius 3 is 2.65 bits per heavy atom. The fraction of sp³-hybridized carbons (Fsp3) is 0.222. The molecule has 1 aromatic carbocycles. The summed E-state index contributed by atoms with van der Waals surface area (Å²) in [7, 11) is 0. The van der Waals surface area contributed by atoms with Crippen LogP contribution in [0.5, 0.6) is 0 Å². The van der Waals surface area contributed by atoms with Crippen LogP contribution in [0.2, 0.25) is 0 Å². The Morgan fingerprint density at radius 2 is 1.87 bits per heavy atom. The number of nitrogens with zero attached hydrogens (tertiary/aromatic N) is 3. The van der Waals surface area contributed by atoms with Crippen LogP contribution in [0, 0.1) is 0 Å². The standard InChI is InChI=1S/C18H18N4S/c19-17(13-7-2-1-3-8-13)23-18-21-14-9-6-10-15(14)22(18)16-11-4-5-12-20-16/h1-5,7-8,11-12,17H,6,9-10,19H2. The predicted octanol–water partition coefficient (Wildman–Crippen LogP) is 3.51. The Kier molecular flexibility index (Phi) is 3.89. The van der Waals surface area contributed by atoms with E-state index in [9.17, 15) is 0 Å². The minimum atomic E-state index is -0.138. The zero-order valence-electron chi connectivity index (χ0n) is 12.7. The normalized spacial score (nSPS) is 14.7. The van der Waals surface area contributed by atoms with E-state index in [1.807, 2.05) is 42.6 Å². The number of rotatable bonds is 4. The molecule has 4 nitrogen and oxygen atoms in total. The molecule has 4 rings (SSSR count). The van der Waals surface area contributed by atoms with Gasteiger partial charge in [0.05, 0.1) is 11.1 Å². The molecule has 0 amide bonds. The molecule has 23 heavy (non-hydrogen) atoms. The highest BCUT2D eigenvalue weighted by Crippen LogP contribution is 2.35. The lowest BCUT2D eigenvalue weighted by molar-refractivity contribution is 0.767. The van der Waals surface area contributed by atoms with Crippen LogP contribution in [0.15, 0.2) is 59.9 Å². The lowest BCUT2D eigenvalue weighted by atomic mass is 10.2. The molecule has 2 heterocycles. The Morgan fingerprint density at radius 1 is 1.04 bits per heavy atom. The van der Waals surface area contributed by atoms with E-state index in [4.69, 9.17) is 10.7 Å². The van der Waals surface area contributed by atoms with Crippen LogP contribution < -0.4 is 5.73 Å². The Balaban J connectivity index is 1.72. The van der Waals surface area contributed by atoms with Crippen molar-refractivity contribution in [2.24, 2.45) is 5.73 Å². The first-order valence-electron chi connectivity index (χ1n) is 7.82. The fourth-order valence-corrected chi connectivity index (χ4v) is 3.97. The predicted molar refractivity (Wildman–Crippen MR) is 92.6 cm³/mol. The van der Waals surface area contributed by atoms with E-state index in [1.165, 1.54) is 17.8 Å². The number of hydrogen-bond acceptors (Lipinski definition) is 4. The van der Waals surface area contributed by atoms with Crippen molar-refractivity contribution in [1.29, 1.82) is 0 Å². The van der Waals surface area contributed by atoms with Gasteiger partial charge in [0.25, 0.3) is 0 Å². The number of pyridine rings is 1. The van der Waals surface area contributed by atoms with E-state index in [-0.39, 0.29) is 5.37 Å². The van der Waals surface area contributed by atoms with Gasteiger partial charge >= 0.3 is 0 Å². The smallest absolute Gasteiger partial charge is 0.176 e. The Hall–Kier alpha value is -2.11. The summed E-state index contributed by atoms with van der Waals surface area (Å²) in [5, 5.41) is 0.797. The number of thioether (sulfide) groups is 1. The van der Waals surface area contributed by atoms with E-state index in [2.05, 4.69) is 21.7 Å². The van der Waals surface area contributed by atoms with Gasteiger partial charge in [-0.05, 0) is 37.0 Å².